The molecule has 14 heavy (non-hydrogen) atoms. The van der Waals surface area contributed by atoms with Gasteiger partial charge in [0.2, 0.25) is 5.28 Å². The number of rotatable bonds is 0. The maximum Gasteiger partial charge on any atom is 0.224 e. The van der Waals surface area contributed by atoms with Gasteiger partial charge in [0.25, 0.3) is 0 Å². The number of benzene rings is 1. The minimum absolute atomic E-state index is 0.0301. The summed E-state index contributed by atoms with van der Waals surface area (Å²) < 4.78 is 26.0. The molecule has 6 heteroatoms. The Bertz CT molecular complexity index is 473. The van der Waals surface area contributed by atoms with E-state index in [1.165, 1.54) is 0 Å². The third-order valence-corrected chi connectivity index (χ3v) is 2.09. The Kier molecular flexibility index (Phi) is 2.25. The Morgan fingerprint density at radius 3 is 2.50 bits per heavy atom. The summed E-state index contributed by atoms with van der Waals surface area (Å²) >= 11 is 11.1. The van der Waals surface area contributed by atoms with Crippen molar-refractivity contribution in [2.45, 2.75) is 0 Å². The lowest BCUT2D eigenvalue weighted by Crippen LogP contribution is -1.91. The van der Waals surface area contributed by atoms with E-state index < -0.39 is 11.6 Å². The maximum absolute atomic E-state index is 13.2. The highest BCUT2D eigenvalue weighted by atomic mass is 35.5. The molecule has 0 spiro atoms. The van der Waals surface area contributed by atoms with E-state index in [1.807, 2.05) is 0 Å². The van der Waals surface area contributed by atoms with Crippen LogP contribution in [0.5, 0.6) is 0 Å². The minimum Gasteiger partial charge on any atom is -0.218 e. The van der Waals surface area contributed by atoms with Crippen molar-refractivity contribution in [1.29, 1.82) is 0 Å². The van der Waals surface area contributed by atoms with E-state index >= 15 is 0 Å². The van der Waals surface area contributed by atoms with E-state index in [2.05, 4.69) is 9.97 Å². The monoisotopic (exact) mass is 234 g/mol. The molecule has 0 aliphatic carbocycles. The molecule has 0 fully saturated rings. The predicted molar refractivity (Wildman–Crippen MR) is 49.5 cm³/mol. The minimum atomic E-state index is -0.804. The van der Waals surface area contributed by atoms with Gasteiger partial charge in [0.05, 0.1) is 10.9 Å². The summed E-state index contributed by atoms with van der Waals surface area (Å²) in [4.78, 5) is 7.20. The molecule has 2 aromatic rings. The topological polar surface area (TPSA) is 25.8 Å². The van der Waals surface area contributed by atoms with Gasteiger partial charge in [0, 0.05) is 12.1 Å². The molecule has 72 valence electrons. The van der Waals surface area contributed by atoms with Crippen molar-refractivity contribution in [1.82, 2.24) is 9.97 Å². The first kappa shape index (κ1) is 9.55. The highest BCUT2D eigenvalue weighted by Crippen LogP contribution is 2.25. The second-order valence-corrected chi connectivity index (χ2v) is 3.26. The summed E-state index contributed by atoms with van der Waals surface area (Å²) in [5.74, 6) is -1.54. The molecule has 1 heterocycles. The second kappa shape index (κ2) is 3.29. The fourth-order valence-corrected chi connectivity index (χ4v) is 1.60. The molecule has 0 aliphatic heterocycles. The molecule has 0 atom stereocenters. The molecule has 0 N–H and O–H groups in total. The highest BCUT2D eigenvalue weighted by Gasteiger charge is 2.11. The van der Waals surface area contributed by atoms with Gasteiger partial charge in [-0.1, -0.05) is 11.6 Å². The largest absolute Gasteiger partial charge is 0.224 e. The number of fused-ring (bicyclic) bond motifs is 1. The van der Waals surface area contributed by atoms with Gasteiger partial charge in [0.1, 0.15) is 16.8 Å². The Balaban J connectivity index is 2.94. The van der Waals surface area contributed by atoms with Crippen molar-refractivity contribution >= 4 is 34.1 Å². The first-order valence-electron chi connectivity index (χ1n) is 3.56. The lowest BCUT2D eigenvalue weighted by atomic mass is 10.2. The van der Waals surface area contributed by atoms with Crippen LogP contribution >= 0.6 is 23.2 Å². The molecule has 2 rings (SSSR count). The van der Waals surface area contributed by atoms with Crippen LogP contribution in [-0.4, -0.2) is 9.97 Å². The SMILES string of the molecule is Fc1cc(F)c2c(Cl)nc(Cl)nc2c1. The molecule has 0 amide bonds. The predicted octanol–water partition coefficient (Wildman–Crippen LogP) is 3.21. The van der Waals surface area contributed by atoms with Crippen LogP contribution in [0.1, 0.15) is 0 Å². The van der Waals surface area contributed by atoms with Gasteiger partial charge in [-0.05, 0) is 11.6 Å². The fraction of sp³-hybridized carbons (Fsp3) is 0. The third kappa shape index (κ3) is 1.51. The van der Waals surface area contributed by atoms with Gasteiger partial charge >= 0.3 is 0 Å². The molecule has 0 bridgehead atoms. The molecule has 0 saturated heterocycles. The molecule has 0 unspecified atom stereocenters. The van der Waals surface area contributed by atoms with Crippen LogP contribution in [-0.2, 0) is 0 Å². The third-order valence-electron chi connectivity index (χ3n) is 1.64. The molecule has 1 aromatic heterocycles. The van der Waals surface area contributed by atoms with Crippen molar-refractivity contribution in [3.63, 3.8) is 0 Å². The van der Waals surface area contributed by atoms with Crippen molar-refractivity contribution in [2.24, 2.45) is 0 Å². The maximum atomic E-state index is 13.2. The van der Waals surface area contributed by atoms with Gasteiger partial charge in [0.15, 0.2) is 0 Å². The zero-order valence-corrected chi connectivity index (χ0v) is 8.07. The van der Waals surface area contributed by atoms with Crippen molar-refractivity contribution in [2.75, 3.05) is 0 Å². The van der Waals surface area contributed by atoms with Crippen molar-refractivity contribution in [3.8, 4) is 0 Å². The summed E-state index contributed by atoms with van der Waals surface area (Å²) in [7, 11) is 0. The highest BCUT2D eigenvalue weighted by molar-refractivity contribution is 6.35. The van der Waals surface area contributed by atoms with Crippen molar-refractivity contribution in [3.05, 3.63) is 34.2 Å². The molecule has 0 aliphatic rings. The Morgan fingerprint density at radius 2 is 1.79 bits per heavy atom. The lowest BCUT2D eigenvalue weighted by molar-refractivity contribution is 0.591. The molecular formula is C8H2Cl2F2N2. The molecule has 2 nitrogen and oxygen atoms in total. The molecule has 0 radical (unpaired) electrons. The molecular weight excluding hydrogens is 233 g/mol. The number of hydrogen-bond acceptors (Lipinski definition) is 2. The first-order valence-corrected chi connectivity index (χ1v) is 4.31. The van der Waals surface area contributed by atoms with Crippen LogP contribution in [0.2, 0.25) is 10.4 Å². The van der Waals surface area contributed by atoms with Crippen LogP contribution in [0, 0.1) is 11.6 Å². The van der Waals surface area contributed by atoms with Crippen LogP contribution < -0.4 is 0 Å². The van der Waals surface area contributed by atoms with E-state index in [0.717, 1.165) is 6.07 Å². The van der Waals surface area contributed by atoms with Gasteiger partial charge in [-0.25, -0.2) is 18.7 Å². The molecule has 1 aromatic carbocycles. The number of hydrogen-bond donors (Lipinski definition) is 0. The summed E-state index contributed by atoms with van der Waals surface area (Å²) in [6, 6.07) is 1.75. The fourth-order valence-electron chi connectivity index (χ4n) is 1.11. The second-order valence-electron chi connectivity index (χ2n) is 2.57. The average molecular weight is 235 g/mol. The zero-order valence-electron chi connectivity index (χ0n) is 6.56. The smallest absolute Gasteiger partial charge is 0.218 e. The summed E-state index contributed by atoms with van der Waals surface area (Å²) in [5, 5.41) is -0.303. The van der Waals surface area contributed by atoms with Gasteiger partial charge in [-0.15, -0.1) is 0 Å². The normalized spacial score (nSPS) is 10.9. The number of halogens is 4. The number of aromatic nitrogens is 2. The lowest BCUT2D eigenvalue weighted by Gasteiger charge is -2.01. The van der Waals surface area contributed by atoms with Gasteiger partial charge in [-0.3, -0.25) is 0 Å². The van der Waals surface area contributed by atoms with E-state index in [1.54, 1.807) is 0 Å². The van der Waals surface area contributed by atoms with Crippen molar-refractivity contribution < 1.29 is 8.78 Å². The first-order chi connectivity index (χ1) is 6.58. The Morgan fingerprint density at radius 1 is 1.07 bits per heavy atom. The van der Waals surface area contributed by atoms with Gasteiger partial charge in [-0.2, -0.15) is 0 Å². The molecule has 0 saturated carbocycles. The quantitative estimate of drug-likeness (QED) is 0.517. The van der Waals surface area contributed by atoms with E-state index in [9.17, 15) is 8.78 Å². The van der Waals surface area contributed by atoms with Crippen LogP contribution in [0.4, 0.5) is 8.78 Å². The number of nitrogens with zero attached hydrogens (tertiary/aromatic N) is 2. The van der Waals surface area contributed by atoms with E-state index in [4.69, 9.17) is 23.2 Å². The average Bonchev–Trinajstić information content (AvgIpc) is 1.99. The summed E-state index contributed by atoms with van der Waals surface area (Å²) in [6.07, 6.45) is 0. The Hall–Kier alpha value is -1.00. The van der Waals surface area contributed by atoms with Gasteiger partial charge < -0.3 is 0 Å². The summed E-state index contributed by atoms with van der Waals surface area (Å²) in [6.45, 7) is 0. The zero-order chi connectivity index (χ0) is 10.3. The van der Waals surface area contributed by atoms with Crippen LogP contribution in [0.3, 0.4) is 0 Å². The van der Waals surface area contributed by atoms with E-state index in [-0.39, 0.29) is 21.3 Å². The van der Waals surface area contributed by atoms with E-state index in [0.29, 0.717) is 6.07 Å². The van der Waals surface area contributed by atoms with Crippen LogP contribution in [0.15, 0.2) is 12.1 Å². The summed E-state index contributed by atoms with van der Waals surface area (Å²) in [5.41, 5.74) is 0.0486. The standard InChI is InChI=1S/C8H2Cl2F2N2/c9-7-6-4(12)1-3(11)2-5(6)13-8(10)14-7/h1-2H. The Labute approximate surface area is 87.5 Å². The van der Waals surface area contributed by atoms with Crippen LogP contribution in [0.25, 0.3) is 10.9 Å².